The van der Waals surface area contributed by atoms with Crippen molar-refractivity contribution in [1.29, 1.82) is 0 Å². The third-order valence-corrected chi connectivity index (χ3v) is 8.53. The molecule has 0 spiro atoms. The quantitative estimate of drug-likeness (QED) is 0.168. The highest BCUT2D eigenvalue weighted by atomic mass is 16.5. The standard InChI is InChI=1S/C31H50O2/c1-3-5-7-8-10-12-26-15-19-29(20-16-26)31(32)33-30-23-21-28(22-24-30)27-17-13-25(14-18-27)11-9-6-4-2/h21-27,29H,3-20H2,1-2H3. The summed E-state index contributed by atoms with van der Waals surface area (Å²) in [4.78, 5) is 12.7. The van der Waals surface area contributed by atoms with Crippen molar-refractivity contribution in [1.82, 2.24) is 0 Å². The normalized spacial score (nSPS) is 25.6. The van der Waals surface area contributed by atoms with Crippen LogP contribution in [0.2, 0.25) is 0 Å². The highest BCUT2D eigenvalue weighted by molar-refractivity contribution is 5.75. The molecular formula is C31H50O2. The molecule has 0 N–H and O–H groups in total. The fraction of sp³-hybridized carbons (Fsp3) is 0.774. The molecule has 0 aliphatic heterocycles. The Morgan fingerprint density at radius 3 is 1.82 bits per heavy atom. The van der Waals surface area contributed by atoms with Gasteiger partial charge in [0.05, 0.1) is 5.92 Å². The lowest BCUT2D eigenvalue weighted by Crippen LogP contribution is -2.25. The lowest BCUT2D eigenvalue weighted by atomic mass is 9.77. The van der Waals surface area contributed by atoms with Crippen LogP contribution in [-0.2, 0) is 4.79 Å². The van der Waals surface area contributed by atoms with Crippen LogP contribution in [0.4, 0.5) is 0 Å². The predicted octanol–water partition coefficient (Wildman–Crippen LogP) is 9.61. The first-order valence-corrected chi connectivity index (χ1v) is 14.5. The highest BCUT2D eigenvalue weighted by Crippen LogP contribution is 2.38. The third-order valence-electron chi connectivity index (χ3n) is 8.53. The molecule has 0 bridgehead atoms. The number of benzene rings is 1. The largest absolute Gasteiger partial charge is 0.426 e. The molecule has 1 aromatic rings. The summed E-state index contributed by atoms with van der Waals surface area (Å²) in [6.07, 6.45) is 23.6. The molecule has 0 amide bonds. The van der Waals surface area contributed by atoms with E-state index < -0.39 is 0 Å². The van der Waals surface area contributed by atoms with E-state index in [-0.39, 0.29) is 11.9 Å². The minimum absolute atomic E-state index is 0.00302. The Hall–Kier alpha value is -1.31. The summed E-state index contributed by atoms with van der Waals surface area (Å²) in [7, 11) is 0. The van der Waals surface area contributed by atoms with Crippen LogP contribution in [0.1, 0.15) is 141 Å². The van der Waals surface area contributed by atoms with Crippen LogP contribution >= 0.6 is 0 Å². The first-order valence-electron chi connectivity index (χ1n) is 14.5. The second-order valence-electron chi connectivity index (χ2n) is 11.1. The number of unbranched alkanes of at least 4 members (excludes halogenated alkanes) is 6. The molecule has 0 saturated heterocycles. The monoisotopic (exact) mass is 454 g/mol. The number of carbonyl (C=O) groups excluding carboxylic acids is 1. The van der Waals surface area contributed by atoms with Crippen LogP contribution in [0.15, 0.2) is 24.3 Å². The van der Waals surface area contributed by atoms with Crippen molar-refractivity contribution < 1.29 is 9.53 Å². The molecule has 0 unspecified atom stereocenters. The van der Waals surface area contributed by atoms with E-state index in [1.54, 1.807) is 0 Å². The Balaban J connectivity index is 1.34. The summed E-state index contributed by atoms with van der Waals surface area (Å²) in [6.45, 7) is 4.56. The molecule has 2 aliphatic rings. The molecular weight excluding hydrogens is 404 g/mol. The molecule has 1 aromatic carbocycles. The summed E-state index contributed by atoms with van der Waals surface area (Å²) in [5.41, 5.74) is 1.43. The molecule has 2 saturated carbocycles. The van der Waals surface area contributed by atoms with E-state index in [0.29, 0.717) is 5.92 Å². The van der Waals surface area contributed by atoms with Crippen molar-refractivity contribution >= 4 is 5.97 Å². The maximum Gasteiger partial charge on any atom is 0.314 e. The van der Waals surface area contributed by atoms with Gasteiger partial charge in [0.25, 0.3) is 0 Å². The maximum atomic E-state index is 12.7. The number of rotatable bonds is 13. The number of carbonyl (C=O) groups is 1. The minimum atomic E-state index is -0.00302. The Morgan fingerprint density at radius 1 is 0.697 bits per heavy atom. The van der Waals surface area contributed by atoms with Crippen LogP contribution in [0.5, 0.6) is 5.75 Å². The number of hydrogen-bond acceptors (Lipinski definition) is 2. The van der Waals surface area contributed by atoms with Crippen molar-refractivity contribution in [3.05, 3.63) is 29.8 Å². The molecule has 3 rings (SSSR count). The van der Waals surface area contributed by atoms with Gasteiger partial charge in [-0.05, 0) is 86.8 Å². The first-order chi connectivity index (χ1) is 16.2. The van der Waals surface area contributed by atoms with Gasteiger partial charge in [0.15, 0.2) is 0 Å². The fourth-order valence-corrected chi connectivity index (χ4v) is 6.20. The van der Waals surface area contributed by atoms with Crippen molar-refractivity contribution in [3.63, 3.8) is 0 Å². The Bertz CT molecular complexity index is 648. The molecule has 0 aromatic heterocycles. The average Bonchev–Trinajstić information content (AvgIpc) is 2.85. The van der Waals surface area contributed by atoms with Crippen LogP contribution < -0.4 is 4.74 Å². The summed E-state index contributed by atoms with van der Waals surface area (Å²) in [6, 6.07) is 8.48. The van der Waals surface area contributed by atoms with E-state index >= 15 is 0 Å². The van der Waals surface area contributed by atoms with E-state index in [4.69, 9.17) is 4.74 Å². The first kappa shape index (κ1) is 26.3. The van der Waals surface area contributed by atoms with Crippen molar-refractivity contribution in [2.45, 2.75) is 135 Å². The van der Waals surface area contributed by atoms with E-state index in [9.17, 15) is 4.79 Å². The predicted molar refractivity (Wildman–Crippen MR) is 140 cm³/mol. The third kappa shape index (κ3) is 9.10. The zero-order chi connectivity index (χ0) is 23.3. The van der Waals surface area contributed by atoms with E-state index in [1.165, 1.54) is 108 Å². The van der Waals surface area contributed by atoms with Crippen molar-refractivity contribution in [2.24, 2.45) is 17.8 Å². The van der Waals surface area contributed by atoms with Gasteiger partial charge in [-0.25, -0.2) is 0 Å². The van der Waals surface area contributed by atoms with Gasteiger partial charge in [0.1, 0.15) is 5.75 Å². The van der Waals surface area contributed by atoms with Crippen LogP contribution in [0.3, 0.4) is 0 Å². The van der Waals surface area contributed by atoms with Gasteiger partial charge in [-0.15, -0.1) is 0 Å². The second-order valence-corrected chi connectivity index (χ2v) is 11.1. The van der Waals surface area contributed by atoms with Crippen molar-refractivity contribution in [3.8, 4) is 5.75 Å². The Labute approximate surface area is 204 Å². The topological polar surface area (TPSA) is 26.3 Å². The molecule has 0 radical (unpaired) electrons. The highest BCUT2D eigenvalue weighted by Gasteiger charge is 2.28. The van der Waals surface area contributed by atoms with Gasteiger partial charge >= 0.3 is 5.97 Å². The zero-order valence-electron chi connectivity index (χ0n) is 21.7. The molecule has 33 heavy (non-hydrogen) atoms. The number of esters is 1. The van der Waals surface area contributed by atoms with Crippen molar-refractivity contribution in [2.75, 3.05) is 0 Å². The molecule has 186 valence electrons. The molecule has 2 fully saturated rings. The lowest BCUT2D eigenvalue weighted by molar-refractivity contribution is -0.140. The smallest absolute Gasteiger partial charge is 0.314 e. The maximum absolute atomic E-state index is 12.7. The summed E-state index contributed by atoms with van der Waals surface area (Å²) in [5.74, 6) is 3.30. The van der Waals surface area contributed by atoms with Gasteiger partial charge in [0.2, 0.25) is 0 Å². The summed E-state index contributed by atoms with van der Waals surface area (Å²) in [5, 5.41) is 0. The van der Waals surface area contributed by atoms with Crippen LogP contribution in [0, 0.1) is 17.8 Å². The van der Waals surface area contributed by atoms with Gasteiger partial charge in [0, 0.05) is 0 Å². The number of hydrogen-bond donors (Lipinski definition) is 0. The zero-order valence-corrected chi connectivity index (χ0v) is 21.7. The molecule has 0 atom stereocenters. The van der Waals surface area contributed by atoms with Gasteiger partial charge < -0.3 is 4.74 Å². The molecule has 2 aliphatic carbocycles. The molecule has 2 heteroatoms. The summed E-state index contributed by atoms with van der Waals surface area (Å²) < 4.78 is 5.79. The van der Waals surface area contributed by atoms with E-state index in [1.807, 2.05) is 12.1 Å². The Morgan fingerprint density at radius 2 is 1.21 bits per heavy atom. The van der Waals surface area contributed by atoms with Gasteiger partial charge in [-0.3, -0.25) is 4.79 Å². The molecule has 2 nitrogen and oxygen atoms in total. The second kappa shape index (κ2) is 14.8. The number of ether oxygens (including phenoxy) is 1. The van der Waals surface area contributed by atoms with Crippen LogP contribution in [0.25, 0.3) is 0 Å². The van der Waals surface area contributed by atoms with Gasteiger partial charge in [-0.2, -0.15) is 0 Å². The Kier molecular flexibility index (Phi) is 11.8. The van der Waals surface area contributed by atoms with E-state index in [0.717, 1.165) is 30.4 Å². The fourth-order valence-electron chi connectivity index (χ4n) is 6.20. The minimum Gasteiger partial charge on any atom is -0.426 e. The summed E-state index contributed by atoms with van der Waals surface area (Å²) >= 11 is 0. The lowest BCUT2D eigenvalue weighted by Gasteiger charge is -2.29. The average molecular weight is 455 g/mol. The molecule has 0 heterocycles. The SMILES string of the molecule is CCCCCCCC1CCC(C(=O)Oc2ccc(C3CCC(CCCCC)CC3)cc2)CC1. The van der Waals surface area contributed by atoms with E-state index in [2.05, 4.69) is 26.0 Å². The van der Waals surface area contributed by atoms with Gasteiger partial charge in [-0.1, -0.05) is 90.2 Å². The van der Waals surface area contributed by atoms with Crippen LogP contribution in [-0.4, -0.2) is 5.97 Å².